The van der Waals surface area contributed by atoms with Gasteiger partial charge in [0, 0.05) is 17.5 Å². The number of rotatable bonds is 14. The Morgan fingerprint density at radius 3 is 2.17 bits per heavy atom. The number of carbonyl (C=O) groups is 2. The second-order valence-electron chi connectivity index (χ2n) is 9.07. The predicted molar refractivity (Wildman–Crippen MR) is 147 cm³/mol. The first-order chi connectivity index (χ1) is 19.5. The van der Waals surface area contributed by atoms with Crippen LogP contribution in [0.4, 0.5) is 28.9 Å². The molecule has 3 aromatic carbocycles. The van der Waals surface area contributed by atoms with E-state index in [0.717, 1.165) is 61.9 Å². The molecule has 11 heteroatoms. The van der Waals surface area contributed by atoms with Gasteiger partial charge in [0.2, 0.25) is 0 Å². The van der Waals surface area contributed by atoms with E-state index in [1.165, 1.54) is 18.2 Å². The fraction of sp³-hybridized carbons (Fsp3) is 0.267. The topological polar surface area (TPSA) is 114 Å². The number of esters is 2. The highest BCUT2D eigenvalue weighted by Crippen LogP contribution is 2.28. The fourth-order valence-corrected chi connectivity index (χ4v) is 3.67. The van der Waals surface area contributed by atoms with Gasteiger partial charge >= 0.3 is 24.5 Å². The van der Waals surface area contributed by atoms with Crippen LogP contribution in [0.25, 0.3) is 6.08 Å². The highest BCUT2D eigenvalue weighted by Gasteiger charge is 2.43. The van der Waals surface area contributed by atoms with Crippen LogP contribution in [0.15, 0.2) is 72.8 Å². The van der Waals surface area contributed by atoms with Crippen molar-refractivity contribution in [2.45, 2.75) is 44.6 Å². The van der Waals surface area contributed by atoms with Gasteiger partial charge in [0.1, 0.15) is 11.5 Å². The minimum Gasteiger partial charge on any atom is -0.463 e. The predicted octanol–water partition coefficient (Wildman–Crippen LogP) is 6.67. The monoisotopic (exact) mass is 574 g/mol. The van der Waals surface area contributed by atoms with Gasteiger partial charge in [-0.05, 0) is 85.0 Å². The van der Waals surface area contributed by atoms with Crippen molar-refractivity contribution in [2.75, 3.05) is 18.1 Å². The van der Waals surface area contributed by atoms with Crippen molar-refractivity contribution in [3.05, 3.63) is 89.5 Å². The quantitative estimate of drug-likeness (QED) is 0.0552. The summed E-state index contributed by atoms with van der Waals surface area (Å²) in [6.07, 6.45) is -1.31. The van der Waals surface area contributed by atoms with Gasteiger partial charge in [-0.2, -0.15) is 17.6 Å². The Morgan fingerprint density at radius 2 is 1.51 bits per heavy atom. The number of halogens is 4. The molecule has 0 atom stereocenters. The third-order valence-corrected chi connectivity index (χ3v) is 5.86. The van der Waals surface area contributed by atoms with E-state index < -0.39 is 30.2 Å². The van der Waals surface area contributed by atoms with E-state index in [4.69, 9.17) is 20.9 Å². The summed E-state index contributed by atoms with van der Waals surface area (Å²) in [5.41, 5.74) is 14.7. The molecular weight excluding hydrogens is 544 g/mol. The highest BCUT2D eigenvalue weighted by molar-refractivity contribution is 5.91. The summed E-state index contributed by atoms with van der Waals surface area (Å²) >= 11 is 0. The van der Waals surface area contributed by atoms with Gasteiger partial charge < -0.3 is 25.7 Å². The van der Waals surface area contributed by atoms with Crippen molar-refractivity contribution in [1.29, 1.82) is 0 Å². The minimum atomic E-state index is -4.65. The maximum atomic E-state index is 13.0. The molecule has 0 aromatic heterocycles. The third kappa shape index (κ3) is 10.2. The molecule has 0 spiro atoms. The molecule has 0 aliphatic rings. The lowest BCUT2D eigenvalue weighted by Gasteiger charge is -2.16. The second kappa shape index (κ2) is 14.7. The Labute approximate surface area is 234 Å². The molecule has 4 N–H and O–H groups in total. The lowest BCUT2D eigenvalue weighted by atomic mass is 10.0. The van der Waals surface area contributed by atoms with Crippen LogP contribution in [-0.2, 0) is 16.0 Å². The van der Waals surface area contributed by atoms with E-state index in [2.05, 4.69) is 4.74 Å². The van der Waals surface area contributed by atoms with E-state index in [0.29, 0.717) is 23.5 Å². The van der Waals surface area contributed by atoms with Crippen LogP contribution < -0.4 is 20.9 Å². The number of benzene rings is 3. The molecule has 0 saturated heterocycles. The van der Waals surface area contributed by atoms with Gasteiger partial charge in [0.05, 0.1) is 12.2 Å². The van der Waals surface area contributed by atoms with Crippen molar-refractivity contribution >= 4 is 29.4 Å². The van der Waals surface area contributed by atoms with Crippen molar-refractivity contribution in [3.8, 4) is 11.5 Å². The van der Waals surface area contributed by atoms with Crippen LogP contribution >= 0.6 is 0 Å². The number of carbonyl (C=O) groups excluding carboxylic acids is 2. The number of alkyl halides is 4. The van der Waals surface area contributed by atoms with E-state index in [1.54, 1.807) is 24.3 Å². The number of ether oxygens (including phenoxy) is 3. The van der Waals surface area contributed by atoms with E-state index in [9.17, 15) is 27.2 Å². The number of nitrogens with two attached hydrogens (primary N) is 2. The first-order valence-corrected chi connectivity index (χ1v) is 12.8. The third-order valence-electron chi connectivity index (χ3n) is 5.86. The first-order valence-electron chi connectivity index (χ1n) is 12.8. The zero-order valence-corrected chi connectivity index (χ0v) is 22.0. The Kier molecular flexibility index (Phi) is 11.1. The van der Waals surface area contributed by atoms with Gasteiger partial charge in [-0.3, -0.25) is 0 Å². The van der Waals surface area contributed by atoms with Gasteiger partial charge in [0.15, 0.2) is 0 Å². The summed E-state index contributed by atoms with van der Waals surface area (Å²) in [4.78, 5) is 24.2. The minimum absolute atomic E-state index is 0.00377. The SMILES string of the molecule is Nc1ccc(CCCCCCOC(=O)C=Cc2ccc(OC(=O)c3ccc(OC(F)(F)C(F)F)cc3)cc2)c(N)c1. The summed E-state index contributed by atoms with van der Waals surface area (Å²) in [5.74, 6) is -1.61. The molecule has 0 heterocycles. The summed E-state index contributed by atoms with van der Waals surface area (Å²) in [5, 5.41) is 0. The molecule has 0 saturated carbocycles. The maximum Gasteiger partial charge on any atom is 0.461 e. The number of unbranched alkanes of at least 4 members (excludes halogenated alkanes) is 3. The maximum absolute atomic E-state index is 13.0. The average molecular weight is 575 g/mol. The molecular formula is C30H30F4N2O5. The summed E-state index contributed by atoms with van der Waals surface area (Å²) in [6, 6.07) is 15.9. The first kappa shape index (κ1) is 31.0. The number of nitrogen functional groups attached to an aromatic ring is 2. The zero-order valence-electron chi connectivity index (χ0n) is 22.0. The van der Waals surface area contributed by atoms with Gasteiger partial charge in [-0.25, -0.2) is 9.59 Å². The van der Waals surface area contributed by atoms with E-state index >= 15 is 0 Å². The molecule has 0 fully saturated rings. The number of hydrogen-bond acceptors (Lipinski definition) is 7. The van der Waals surface area contributed by atoms with E-state index in [1.807, 2.05) is 12.1 Å². The van der Waals surface area contributed by atoms with Crippen LogP contribution in [0.2, 0.25) is 0 Å². The molecule has 7 nitrogen and oxygen atoms in total. The average Bonchev–Trinajstić information content (AvgIpc) is 2.93. The Balaban J connectivity index is 1.35. The molecule has 218 valence electrons. The summed E-state index contributed by atoms with van der Waals surface area (Å²) < 4.78 is 64.8. The molecule has 3 rings (SSSR count). The standard InChI is InChI=1S/C30H30F4N2O5/c31-29(32)30(33,34)41-25-15-10-22(11-16-25)28(38)40-24-13-6-20(7-14-24)8-17-27(37)39-18-4-2-1-3-5-21-9-12-23(35)19-26(21)36/h6-17,19,29H,1-5,18,35-36H2. The molecule has 0 radical (unpaired) electrons. The van der Waals surface area contributed by atoms with Gasteiger partial charge in [-0.1, -0.05) is 31.0 Å². The fourth-order valence-electron chi connectivity index (χ4n) is 3.67. The smallest absolute Gasteiger partial charge is 0.461 e. The lowest BCUT2D eigenvalue weighted by Crippen LogP contribution is -2.33. The molecule has 0 aliphatic heterocycles. The van der Waals surface area contributed by atoms with Gasteiger partial charge in [-0.15, -0.1) is 0 Å². The van der Waals surface area contributed by atoms with Crippen LogP contribution in [-0.4, -0.2) is 31.1 Å². The molecule has 0 amide bonds. The molecule has 3 aromatic rings. The van der Waals surface area contributed by atoms with Crippen molar-refractivity contribution in [3.63, 3.8) is 0 Å². The molecule has 0 unspecified atom stereocenters. The molecule has 0 aliphatic carbocycles. The normalized spacial score (nSPS) is 11.5. The van der Waals surface area contributed by atoms with Crippen LogP contribution in [0.1, 0.15) is 47.2 Å². The number of hydrogen-bond donors (Lipinski definition) is 2. The van der Waals surface area contributed by atoms with E-state index in [-0.39, 0.29) is 11.3 Å². The zero-order chi connectivity index (χ0) is 29.8. The van der Waals surface area contributed by atoms with Crippen LogP contribution in [0, 0.1) is 0 Å². The van der Waals surface area contributed by atoms with Crippen LogP contribution in [0.5, 0.6) is 11.5 Å². The Morgan fingerprint density at radius 1 is 0.854 bits per heavy atom. The molecule has 0 bridgehead atoms. The van der Waals surface area contributed by atoms with Crippen molar-refractivity contribution in [1.82, 2.24) is 0 Å². The Hall–Kier alpha value is -4.54. The largest absolute Gasteiger partial charge is 0.463 e. The van der Waals surface area contributed by atoms with Crippen molar-refractivity contribution in [2.24, 2.45) is 0 Å². The van der Waals surface area contributed by atoms with Crippen LogP contribution in [0.3, 0.4) is 0 Å². The summed E-state index contributed by atoms with van der Waals surface area (Å²) in [7, 11) is 0. The summed E-state index contributed by atoms with van der Waals surface area (Å²) in [6.45, 7) is 0.309. The van der Waals surface area contributed by atoms with Crippen molar-refractivity contribution < 1.29 is 41.4 Å². The molecule has 41 heavy (non-hydrogen) atoms. The number of aryl methyl sites for hydroxylation is 1. The van der Waals surface area contributed by atoms with Gasteiger partial charge in [0.25, 0.3) is 0 Å². The Bertz CT molecular complexity index is 1330. The highest BCUT2D eigenvalue weighted by atomic mass is 19.3. The second-order valence-corrected chi connectivity index (χ2v) is 9.07. The lowest BCUT2D eigenvalue weighted by molar-refractivity contribution is -0.253. The number of anilines is 2.